The number of carbonyl (C=O) groups excluding carboxylic acids is 1. The van der Waals surface area contributed by atoms with Gasteiger partial charge in [-0.3, -0.25) is 4.79 Å². The van der Waals surface area contributed by atoms with Crippen molar-refractivity contribution in [2.24, 2.45) is 0 Å². The first-order valence-corrected chi connectivity index (χ1v) is 5.69. The molecule has 0 atom stereocenters. The summed E-state index contributed by atoms with van der Waals surface area (Å²) in [5.74, 6) is -0.147. The van der Waals surface area contributed by atoms with Crippen molar-refractivity contribution in [1.82, 2.24) is 0 Å². The summed E-state index contributed by atoms with van der Waals surface area (Å²) >= 11 is 0. The first-order valence-electron chi connectivity index (χ1n) is 5.69. The molecule has 0 fully saturated rings. The van der Waals surface area contributed by atoms with E-state index in [0.717, 1.165) is 13.0 Å². The number of esters is 1. The van der Waals surface area contributed by atoms with Crippen molar-refractivity contribution in [2.75, 3.05) is 18.0 Å². The van der Waals surface area contributed by atoms with E-state index in [1.807, 2.05) is 26.0 Å². The van der Waals surface area contributed by atoms with Crippen LogP contribution in [0.25, 0.3) is 0 Å². The van der Waals surface area contributed by atoms with Gasteiger partial charge in [-0.25, -0.2) is 0 Å². The molecule has 1 aromatic carbocycles. The number of nitrogens with zero attached hydrogens (tertiary/aromatic N) is 1. The molecule has 1 aliphatic heterocycles. The number of para-hydroxylation sites is 1. The number of ether oxygens (including phenoxy) is 1. The minimum Gasteiger partial charge on any atom is -0.462 e. The molecule has 0 amide bonds. The van der Waals surface area contributed by atoms with Crippen LogP contribution in [-0.4, -0.2) is 25.2 Å². The van der Waals surface area contributed by atoms with Crippen LogP contribution in [0, 0.1) is 0 Å². The third-order valence-corrected chi connectivity index (χ3v) is 2.67. The van der Waals surface area contributed by atoms with Crippen LogP contribution in [0.3, 0.4) is 0 Å². The molecule has 0 radical (unpaired) electrons. The Kier molecular flexibility index (Phi) is 3.13. The van der Waals surface area contributed by atoms with Crippen LogP contribution in [0.5, 0.6) is 0 Å². The number of rotatable bonds is 3. The number of hydrogen-bond acceptors (Lipinski definition) is 3. The Bertz CT molecular complexity index is 387. The molecule has 1 heterocycles. The van der Waals surface area contributed by atoms with Gasteiger partial charge in [0.15, 0.2) is 0 Å². The first kappa shape index (κ1) is 11.0. The van der Waals surface area contributed by atoms with Gasteiger partial charge in [-0.15, -0.1) is 0 Å². The molecule has 1 aromatic rings. The lowest BCUT2D eigenvalue weighted by Crippen LogP contribution is -2.30. The van der Waals surface area contributed by atoms with E-state index in [1.54, 1.807) is 0 Å². The highest BCUT2D eigenvalue weighted by atomic mass is 16.5. The molecular formula is C13H17NO2. The number of anilines is 1. The number of fused-ring (bicyclic) bond motifs is 1. The smallest absolute Gasteiger partial charge is 0.325 e. The monoisotopic (exact) mass is 219 g/mol. The Labute approximate surface area is 96.0 Å². The zero-order chi connectivity index (χ0) is 11.5. The van der Waals surface area contributed by atoms with Crippen LogP contribution in [-0.2, 0) is 16.0 Å². The third kappa shape index (κ3) is 2.35. The summed E-state index contributed by atoms with van der Waals surface area (Å²) in [6.07, 6.45) is 0.982. The molecule has 1 aliphatic rings. The van der Waals surface area contributed by atoms with Gasteiger partial charge in [-0.2, -0.15) is 0 Å². The maximum Gasteiger partial charge on any atom is 0.325 e. The van der Waals surface area contributed by atoms with Gasteiger partial charge >= 0.3 is 5.97 Å². The molecule has 3 heteroatoms. The number of benzene rings is 1. The van der Waals surface area contributed by atoms with Crippen LogP contribution < -0.4 is 4.90 Å². The summed E-state index contributed by atoms with van der Waals surface area (Å²) in [6.45, 7) is 5.01. The SMILES string of the molecule is CC(C)OC(=O)CN1CCc2ccccc21. The quantitative estimate of drug-likeness (QED) is 0.728. The van der Waals surface area contributed by atoms with Gasteiger partial charge in [0.05, 0.1) is 6.10 Å². The fourth-order valence-electron chi connectivity index (χ4n) is 2.03. The van der Waals surface area contributed by atoms with Crippen molar-refractivity contribution in [3.63, 3.8) is 0 Å². The van der Waals surface area contributed by atoms with Crippen molar-refractivity contribution in [1.29, 1.82) is 0 Å². The molecule has 16 heavy (non-hydrogen) atoms. The second-order valence-electron chi connectivity index (χ2n) is 4.34. The summed E-state index contributed by atoms with van der Waals surface area (Å²) in [7, 11) is 0. The summed E-state index contributed by atoms with van der Waals surface area (Å²) in [4.78, 5) is 13.6. The lowest BCUT2D eigenvalue weighted by atomic mass is 10.2. The van der Waals surface area contributed by atoms with E-state index in [0.29, 0.717) is 6.54 Å². The summed E-state index contributed by atoms with van der Waals surface area (Å²) in [5, 5.41) is 0. The molecule has 0 unspecified atom stereocenters. The Hall–Kier alpha value is -1.51. The Morgan fingerprint density at radius 1 is 1.44 bits per heavy atom. The second kappa shape index (κ2) is 4.56. The molecule has 3 nitrogen and oxygen atoms in total. The number of hydrogen-bond donors (Lipinski definition) is 0. The van der Waals surface area contributed by atoms with Crippen LogP contribution in [0.15, 0.2) is 24.3 Å². The predicted molar refractivity (Wildman–Crippen MR) is 63.6 cm³/mol. The molecular weight excluding hydrogens is 202 g/mol. The van der Waals surface area contributed by atoms with Gasteiger partial charge < -0.3 is 9.64 Å². The third-order valence-electron chi connectivity index (χ3n) is 2.67. The van der Waals surface area contributed by atoms with E-state index in [2.05, 4.69) is 17.0 Å². The van der Waals surface area contributed by atoms with Crippen molar-refractivity contribution in [3.8, 4) is 0 Å². The first-order chi connectivity index (χ1) is 7.66. The van der Waals surface area contributed by atoms with Crippen molar-refractivity contribution < 1.29 is 9.53 Å². The minimum atomic E-state index is -0.147. The van der Waals surface area contributed by atoms with E-state index >= 15 is 0 Å². The van der Waals surface area contributed by atoms with E-state index in [-0.39, 0.29) is 12.1 Å². The fraction of sp³-hybridized carbons (Fsp3) is 0.462. The lowest BCUT2D eigenvalue weighted by molar-refractivity contribution is -0.145. The predicted octanol–water partition coefficient (Wildman–Crippen LogP) is 2.00. The van der Waals surface area contributed by atoms with Gasteiger partial charge in [0.25, 0.3) is 0 Å². The van der Waals surface area contributed by atoms with Gasteiger partial charge in [0.2, 0.25) is 0 Å². The minimum absolute atomic E-state index is 0.0367. The zero-order valence-electron chi connectivity index (χ0n) is 9.77. The van der Waals surface area contributed by atoms with Gasteiger partial charge in [0.1, 0.15) is 6.54 Å². The highest BCUT2D eigenvalue weighted by molar-refractivity contribution is 5.77. The van der Waals surface area contributed by atoms with Crippen LogP contribution in [0.4, 0.5) is 5.69 Å². The topological polar surface area (TPSA) is 29.5 Å². The van der Waals surface area contributed by atoms with E-state index in [4.69, 9.17) is 4.74 Å². The fourth-order valence-corrected chi connectivity index (χ4v) is 2.03. The average Bonchev–Trinajstić information content (AvgIpc) is 2.61. The van der Waals surface area contributed by atoms with Gasteiger partial charge in [-0.05, 0) is 31.9 Å². The Morgan fingerprint density at radius 2 is 2.19 bits per heavy atom. The van der Waals surface area contributed by atoms with E-state index in [1.165, 1.54) is 11.3 Å². The second-order valence-corrected chi connectivity index (χ2v) is 4.34. The summed E-state index contributed by atoms with van der Waals surface area (Å²) in [5.41, 5.74) is 2.49. The van der Waals surface area contributed by atoms with Gasteiger partial charge in [-0.1, -0.05) is 18.2 Å². The molecule has 86 valence electrons. The normalized spacial score (nSPS) is 14.1. The van der Waals surface area contributed by atoms with Crippen LogP contribution in [0.1, 0.15) is 19.4 Å². The van der Waals surface area contributed by atoms with Crippen molar-refractivity contribution in [3.05, 3.63) is 29.8 Å². The van der Waals surface area contributed by atoms with Crippen molar-refractivity contribution >= 4 is 11.7 Å². The average molecular weight is 219 g/mol. The summed E-state index contributed by atoms with van der Waals surface area (Å²) in [6, 6.07) is 8.22. The maximum absolute atomic E-state index is 11.6. The van der Waals surface area contributed by atoms with Crippen LogP contribution >= 0.6 is 0 Å². The molecule has 0 bridgehead atoms. The molecule has 0 aromatic heterocycles. The standard InChI is InChI=1S/C13H17NO2/c1-10(2)16-13(15)9-14-8-7-11-5-3-4-6-12(11)14/h3-6,10H,7-9H2,1-2H3. The Balaban J connectivity index is 2.00. The van der Waals surface area contributed by atoms with Crippen molar-refractivity contribution in [2.45, 2.75) is 26.4 Å². The highest BCUT2D eigenvalue weighted by Gasteiger charge is 2.21. The van der Waals surface area contributed by atoms with Gasteiger partial charge in [0, 0.05) is 12.2 Å². The largest absolute Gasteiger partial charge is 0.462 e. The highest BCUT2D eigenvalue weighted by Crippen LogP contribution is 2.26. The van der Waals surface area contributed by atoms with Crippen LogP contribution in [0.2, 0.25) is 0 Å². The Morgan fingerprint density at radius 3 is 2.94 bits per heavy atom. The van der Waals surface area contributed by atoms with E-state index < -0.39 is 0 Å². The summed E-state index contributed by atoms with van der Waals surface area (Å²) < 4.78 is 5.15. The number of carbonyl (C=O) groups is 1. The lowest BCUT2D eigenvalue weighted by Gasteiger charge is -2.19. The zero-order valence-corrected chi connectivity index (χ0v) is 9.77. The molecule has 2 rings (SSSR count). The molecule has 0 aliphatic carbocycles. The molecule has 0 N–H and O–H groups in total. The maximum atomic E-state index is 11.6. The van der Waals surface area contributed by atoms with E-state index in [9.17, 15) is 4.79 Å². The molecule has 0 spiro atoms. The molecule has 0 saturated carbocycles. The molecule has 0 saturated heterocycles.